The molecule has 0 saturated carbocycles. The normalized spacial score (nSPS) is 11.8. The Morgan fingerprint density at radius 1 is 0.939 bits per heavy atom. The highest BCUT2D eigenvalue weighted by molar-refractivity contribution is 6.11. The zero-order chi connectivity index (χ0) is 24.5. The average molecular weight is 446 g/mol. The number of carbonyl (C=O) groups is 2. The predicted molar refractivity (Wildman–Crippen MR) is 134 cm³/mol. The molecule has 2 aromatic carbocycles. The summed E-state index contributed by atoms with van der Waals surface area (Å²) in [6, 6.07) is 15.0. The van der Waals surface area contributed by atoms with E-state index in [1.54, 1.807) is 36.0 Å². The van der Waals surface area contributed by atoms with E-state index in [9.17, 15) is 9.59 Å². The molecule has 0 atom stereocenters. The van der Waals surface area contributed by atoms with Gasteiger partial charge in [-0.3, -0.25) is 14.3 Å². The number of hydrogen-bond donors (Lipinski definition) is 1. The molecule has 33 heavy (non-hydrogen) atoms. The summed E-state index contributed by atoms with van der Waals surface area (Å²) in [7, 11) is 1.76. The van der Waals surface area contributed by atoms with Crippen molar-refractivity contribution in [3.8, 4) is 0 Å². The van der Waals surface area contributed by atoms with Gasteiger partial charge in [-0.2, -0.15) is 5.10 Å². The highest BCUT2D eigenvalue weighted by Crippen LogP contribution is 2.27. The van der Waals surface area contributed by atoms with Gasteiger partial charge in [0.25, 0.3) is 5.91 Å². The van der Waals surface area contributed by atoms with Crippen molar-refractivity contribution in [3.63, 3.8) is 0 Å². The average Bonchev–Trinajstić information content (AvgIpc) is 3.15. The molecule has 0 fully saturated rings. The topological polar surface area (TPSA) is 64.0 Å². The Balaban J connectivity index is 1.88. The molecule has 174 valence electrons. The Morgan fingerprint density at radius 3 is 2.21 bits per heavy atom. The first-order valence-electron chi connectivity index (χ1n) is 11.5. The molecule has 0 aliphatic carbocycles. The Labute approximate surface area is 197 Å². The Bertz CT molecular complexity index is 1180. The summed E-state index contributed by atoms with van der Waals surface area (Å²) in [5.74, 6) is 0.332. The van der Waals surface area contributed by atoms with Crippen LogP contribution in [0.25, 0.3) is 0 Å². The molecule has 0 aliphatic heterocycles. The van der Waals surface area contributed by atoms with Crippen LogP contribution < -0.4 is 5.32 Å². The molecule has 0 unspecified atom stereocenters. The molecule has 0 bridgehead atoms. The van der Waals surface area contributed by atoms with Crippen LogP contribution in [-0.4, -0.2) is 21.5 Å². The van der Waals surface area contributed by atoms with Crippen molar-refractivity contribution in [2.45, 2.75) is 65.7 Å². The number of aryl methyl sites for hydroxylation is 1. The van der Waals surface area contributed by atoms with E-state index in [0.717, 1.165) is 11.3 Å². The van der Waals surface area contributed by atoms with E-state index >= 15 is 0 Å². The van der Waals surface area contributed by atoms with Crippen molar-refractivity contribution in [3.05, 3.63) is 82.2 Å². The summed E-state index contributed by atoms with van der Waals surface area (Å²) < 4.78 is 1.59. The van der Waals surface area contributed by atoms with Crippen molar-refractivity contribution >= 4 is 17.4 Å². The number of amides is 1. The lowest BCUT2D eigenvalue weighted by Gasteiger charge is -2.16. The fourth-order valence-corrected chi connectivity index (χ4v) is 3.76. The number of rotatable bonds is 6. The van der Waals surface area contributed by atoms with E-state index < -0.39 is 0 Å². The summed E-state index contributed by atoms with van der Waals surface area (Å²) in [6.45, 7) is 14.7. The zero-order valence-corrected chi connectivity index (χ0v) is 21.0. The molecule has 1 N–H and O–H groups in total. The quantitative estimate of drug-likeness (QED) is 0.444. The SMILES string of the molecule is CC(C)c1ccc(C(=O)c2cccc(NC(=O)c3cc(C(C)(C)C)nn3C)c2)c(C(C)C)c1. The first-order valence-corrected chi connectivity index (χ1v) is 11.5. The number of anilines is 1. The van der Waals surface area contributed by atoms with Gasteiger partial charge in [0.2, 0.25) is 0 Å². The standard InChI is InChI=1S/C28H35N3O2/c1-17(2)19-12-13-22(23(15-19)18(3)4)26(32)20-10-9-11-21(14-20)29-27(33)24-16-25(28(5,6)7)30-31(24)8/h9-18H,1-8H3,(H,29,33). The number of hydrogen-bond acceptors (Lipinski definition) is 3. The van der Waals surface area contributed by atoms with Gasteiger partial charge in [-0.05, 0) is 41.2 Å². The van der Waals surface area contributed by atoms with Crippen LogP contribution in [0.4, 0.5) is 5.69 Å². The van der Waals surface area contributed by atoms with Gasteiger partial charge in [0.1, 0.15) is 5.69 Å². The Morgan fingerprint density at radius 2 is 1.64 bits per heavy atom. The minimum atomic E-state index is -0.255. The van der Waals surface area contributed by atoms with Gasteiger partial charge in [0.15, 0.2) is 5.78 Å². The Kier molecular flexibility index (Phi) is 6.92. The fourth-order valence-electron chi connectivity index (χ4n) is 3.76. The maximum Gasteiger partial charge on any atom is 0.273 e. The van der Waals surface area contributed by atoms with Gasteiger partial charge in [0.05, 0.1) is 5.69 Å². The van der Waals surface area contributed by atoms with Crippen molar-refractivity contribution in [1.82, 2.24) is 9.78 Å². The molecule has 0 spiro atoms. The van der Waals surface area contributed by atoms with Crippen LogP contribution in [0.3, 0.4) is 0 Å². The van der Waals surface area contributed by atoms with Crippen LogP contribution >= 0.6 is 0 Å². The molecule has 1 heterocycles. The molecule has 5 nitrogen and oxygen atoms in total. The molecule has 5 heteroatoms. The zero-order valence-electron chi connectivity index (χ0n) is 21.0. The van der Waals surface area contributed by atoms with E-state index in [-0.39, 0.29) is 23.0 Å². The van der Waals surface area contributed by atoms with Gasteiger partial charge in [-0.1, -0.05) is 78.8 Å². The summed E-state index contributed by atoms with van der Waals surface area (Å²) >= 11 is 0. The van der Waals surface area contributed by atoms with Crippen molar-refractivity contribution in [2.24, 2.45) is 7.05 Å². The second kappa shape index (κ2) is 9.34. The van der Waals surface area contributed by atoms with Crippen LogP contribution in [0.2, 0.25) is 0 Å². The van der Waals surface area contributed by atoms with Crippen LogP contribution in [0, 0.1) is 0 Å². The summed E-state index contributed by atoms with van der Waals surface area (Å²) in [6.07, 6.45) is 0. The first kappa shape index (κ1) is 24.4. The number of carbonyl (C=O) groups excluding carboxylic acids is 2. The number of nitrogens with one attached hydrogen (secondary N) is 1. The van der Waals surface area contributed by atoms with Crippen molar-refractivity contribution in [2.75, 3.05) is 5.32 Å². The van der Waals surface area contributed by atoms with Gasteiger partial charge in [0, 0.05) is 29.3 Å². The lowest BCUT2D eigenvalue weighted by Crippen LogP contribution is -2.16. The maximum absolute atomic E-state index is 13.4. The minimum Gasteiger partial charge on any atom is -0.321 e. The number of nitrogens with zero attached hydrogens (tertiary/aromatic N) is 2. The van der Waals surface area contributed by atoms with E-state index in [2.05, 4.69) is 64.9 Å². The van der Waals surface area contributed by atoms with Gasteiger partial charge in [-0.25, -0.2) is 0 Å². The summed E-state index contributed by atoms with van der Waals surface area (Å²) in [5, 5.41) is 7.40. The van der Waals surface area contributed by atoms with Crippen LogP contribution in [0.5, 0.6) is 0 Å². The fraction of sp³-hybridized carbons (Fsp3) is 0.393. The van der Waals surface area contributed by atoms with E-state index in [0.29, 0.717) is 28.4 Å². The minimum absolute atomic E-state index is 0.0411. The van der Waals surface area contributed by atoms with Gasteiger partial charge < -0.3 is 5.32 Å². The third-order valence-corrected chi connectivity index (χ3v) is 5.87. The molecule has 0 saturated heterocycles. The number of ketones is 1. The molecular formula is C28H35N3O2. The van der Waals surface area contributed by atoms with E-state index in [4.69, 9.17) is 0 Å². The highest BCUT2D eigenvalue weighted by Gasteiger charge is 2.22. The second-order valence-corrected chi connectivity index (χ2v) is 10.3. The first-order chi connectivity index (χ1) is 15.4. The van der Waals surface area contributed by atoms with Crippen molar-refractivity contribution in [1.29, 1.82) is 0 Å². The van der Waals surface area contributed by atoms with Gasteiger partial charge in [-0.15, -0.1) is 0 Å². The maximum atomic E-state index is 13.4. The smallest absolute Gasteiger partial charge is 0.273 e. The third-order valence-electron chi connectivity index (χ3n) is 5.87. The molecule has 1 amide bonds. The van der Waals surface area contributed by atoms with Crippen LogP contribution in [-0.2, 0) is 12.5 Å². The predicted octanol–water partition coefficient (Wildman–Crippen LogP) is 6.45. The van der Waals surface area contributed by atoms with E-state index in [1.165, 1.54) is 5.56 Å². The van der Waals surface area contributed by atoms with Crippen LogP contribution in [0.1, 0.15) is 104 Å². The summed E-state index contributed by atoms with van der Waals surface area (Å²) in [4.78, 5) is 26.3. The lowest BCUT2D eigenvalue weighted by molar-refractivity contribution is 0.101. The molecule has 1 aromatic heterocycles. The number of aromatic nitrogens is 2. The second-order valence-electron chi connectivity index (χ2n) is 10.3. The summed E-state index contributed by atoms with van der Waals surface area (Å²) in [5.41, 5.74) is 5.28. The monoisotopic (exact) mass is 445 g/mol. The third kappa shape index (κ3) is 5.41. The molecular weight excluding hydrogens is 410 g/mol. The molecule has 0 aliphatic rings. The van der Waals surface area contributed by atoms with Crippen LogP contribution in [0.15, 0.2) is 48.5 Å². The van der Waals surface area contributed by atoms with E-state index in [1.807, 2.05) is 18.2 Å². The molecule has 3 aromatic rings. The van der Waals surface area contributed by atoms with Gasteiger partial charge >= 0.3 is 0 Å². The molecule has 0 radical (unpaired) electrons. The van der Waals surface area contributed by atoms with Crippen molar-refractivity contribution < 1.29 is 9.59 Å². The lowest BCUT2D eigenvalue weighted by atomic mass is 9.88. The largest absolute Gasteiger partial charge is 0.321 e. The molecule has 3 rings (SSSR count). The highest BCUT2D eigenvalue weighted by atomic mass is 16.2. The Hall–Kier alpha value is -3.21. The number of benzene rings is 2.